The van der Waals surface area contributed by atoms with Crippen molar-refractivity contribution < 1.29 is 4.52 Å². The van der Waals surface area contributed by atoms with Gasteiger partial charge in [0.25, 0.3) is 0 Å². The second-order valence-electron chi connectivity index (χ2n) is 4.30. The summed E-state index contributed by atoms with van der Waals surface area (Å²) in [4.78, 5) is 6.80. The fraction of sp³-hybridized carbons (Fsp3) is 0.818. The minimum atomic E-state index is 0.678. The lowest BCUT2D eigenvalue weighted by Crippen LogP contribution is -2.22. The Balaban J connectivity index is 1.73. The van der Waals surface area contributed by atoms with Crippen molar-refractivity contribution >= 4 is 0 Å². The first-order valence-corrected chi connectivity index (χ1v) is 6.12. The first-order valence-electron chi connectivity index (χ1n) is 6.12. The van der Waals surface area contributed by atoms with Crippen molar-refractivity contribution in [1.29, 1.82) is 0 Å². The van der Waals surface area contributed by atoms with Crippen LogP contribution in [0.4, 0.5) is 0 Å². The van der Waals surface area contributed by atoms with E-state index in [1.165, 1.54) is 25.9 Å². The molecule has 1 saturated heterocycles. The maximum absolute atomic E-state index is 5.43. The molecule has 0 spiro atoms. The maximum Gasteiger partial charge on any atom is 0.227 e. The molecular weight excluding hydrogens is 204 g/mol. The van der Waals surface area contributed by atoms with Gasteiger partial charge in [0.05, 0.1) is 0 Å². The molecule has 0 radical (unpaired) electrons. The van der Waals surface area contributed by atoms with Crippen LogP contribution in [0.25, 0.3) is 0 Å². The smallest absolute Gasteiger partial charge is 0.227 e. The van der Waals surface area contributed by atoms with E-state index in [1.54, 1.807) is 0 Å². The second-order valence-corrected chi connectivity index (χ2v) is 4.30. The first kappa shape index (κ1) is 11.5. The van der Waals surface area contributed by atoms with Crippen molar-refractivity contribution in [3.05, 3.63) is 11.7 Å². The number of hydrogen-bond donors (Lipinski definition) is 1. The Morgan fingerprint density at radius 3 is 2.81 bits per heavy atom. The third-order valence-electron chi connectivity index (χ3n) is 2.96. The number of rotatable bonds is 6. The van der Waals surface area contributed by atoms with Gasteiger partial charge in [-0.05, 0) is 38.9 Å². The second kappa shape index (κ2) is 5.96. The van der Waals surface area contributed by atoms with Crippen molar-refractivity contribution in [2.24, 2.45) is 5.73 Å². The van der Waals surface area contributed by atoms with Gasteiger partial charge in [0.15, 0.2) is 5.82 Å². The first-order chi connectivity index (χ1) is 7.88. The van der Waals surface area contributed by atoms with E-state index in [0.717, 1.165) is 37.5 Å². The molecule has 0 bridgehead atoms. The highest BCUT2D eigenvalue weighted by atomic mass is 16.5. The highest BCUT2D eigenvalue weighted by Crippen LogP contribution is 2.08. The van der Waals surface area contributed by atoms with Crippen LogP contribution in [0.2, 0.25) is 0 Å². The highest BCUT2D eigenvalue weighted by molar-refractivity contribution is 4.87. The van der Waals surface area contributed by atoms with Crippen molar-refractivity contribution in [3.8, 4) is 0 Å². The van der Waals surface area contributed by atoms with Crippen LogP contribution in [-0.4, -0.2) is 41.2 Å². The van der Waals surface area contributed by atoms with E-state index < -0.39 is 0 Å². The van der Waals surface area contributed by atoms with Crippen LogP contribution in [-0.2, 0) is 12.8 Å². The normalized spacial score (nSPS) is 17.1. The van der Waals surface area contributed by atoms with Gasteiger partial charge in [0.1, 0.15) is 0 Å². The lowest BCUT2D eigenvalue weighted by molar-refractivity contribution is 0.310. The third kappa shape index (κ3) is 3.28. The van der Waals surface area contributed by atoms with Gasteiger partial charge in [0, 0.05) is 19.4 Å². The maximum atomic E-state index is 5.43. The Morgan fingerprint density at radius 1 is 1.25 bits per heavy atom. The molecule has 0 unspecified atom stereocenters. The fourth-order valence-corrected chi connectivity index (χ4v) is 2.01. The minimum Gasteiger partial charge on any atom is -0.339 e. The van der Waals surface area contributed by atoms with Crippen LogP contribution in [0.1, 0.15) is 31.0 Å². The van der Waals surface area contributed by atoms with Gasteiger partial charge < -0.3 is 15.2 Å². The summed E-state index contributed by atoms with van der Waals surface area (Å²) in [5.74, 6) is 1.56. The number of aromatic nitrogens is 2. The number of nitrogens with two attached hydrogens (primary N) is 1. The van der Waals surface area contributed by atoms with Crippen molar-refractivity contribution in [2.75, 3.05) is 26.2 Å². The Labute approximate surface area is 96.0 Å². The van der Waals surface area contributed by atoms with E-state index in [9.17, 15) is 0 Å². The number of aryl methyl sites for hydroxylation is 1. The zero-order valence-electron chi connectivity index (χ0n) is 9.69. The summed E-state index contributed by atoms with van der Waals surface area (Å²) in [5.41, 5.74) is 5.43. The van der Waals surface area contributed by atoms with Gasteiger partial charge in [-0.15, -0.1) is 0 Å². The van der Waals surface area contributed by atoms with Gasteiger partial charge >= 0.3 is 0 Å². The highest BCUT2D eigenvalue weighted by Gasteiger charge is 2.13. The molecule has 5 heteroatoms. The molecule has 2 rings (SSSR count). The number of nitrogens with zero attached hydrogens (tertiary/aromatic N) is 3. The summed E-state index contributed by atoms with van der Waals surface area (Å²) in [6.45, 7) is 4.15. The molecule has 16 heavy (non-hydrogen) atoms. The molecule has 1 aromatic heterocycles. The molecule has 1 aliphatic heterocycles. The van der Waals surface area contributed by atoms with E-state index in [1.807, 2.05) is 0 Å². The predicted molar refractivity (Wildman–Crippen MR) is 61.1 cm³/mol. The van der Waals surface area contributed by atoms with Crippen LogP contribution < -0.4 is 5.73 Å². The van der Waals surface area contributed by atoms with Crippen molar-refractivity contribution in [1.82, 2.24) is 15.0 Å². The summed E-state index contributed by atoms with van der Waals surface area (Å²) in [6.07, 6.45) is 5.27. The molecule has 90 valence electrons. The zero-order chi connectivity index (χ0) is 11.2. The standard InChI is InChI=1S/C11H20N4O/c12-6-3-4-10-13-11(16-14-10)5-9-15-7-1-2-8-15/h1-9,12H2. The Hall–Kier alpha value is -0.940. The zero-order valence-corrected chi connectivity index (χ0v) is 9.69. The molecule has 0 aromatic carbocycles. The van der Waals surface area contributed by atoms with Crippen molar-refractivity contribution in [3.63, 3.8) is 0 Å². The summed E-state index contributed by atoms with van der Waals surface area (Å²) >= 11 is 0. The molecular formula is C11H20N4O. The quantitative estimate of drug-likeness (QED) is 0.766. The number of likely N-dealkylation sites (tertiary alicyclic amines) is 1. The molecule has 0 amide bonds. The van der Waals surface area contributed by atoms with Gasteiger partial charge in [-0.1, -0.05) is 5.16 Å². The molecule has 1 fully saturated rings. The van der Waals surface area contributed by atoms with E-state index in [2.05, 4.69) is 15.0 Å². The average molecular weight is 224 g/mol. The van der Waals surface area contributed by atoms with Gasteiger partial charge in [0.2, 0.25) is 5.89 Å². The van der Waals surface area contributed by atoms with Crippen LogP contribution in [0.5, 0.6) is 0 Å². The average Bonchev–Trinajstić information content (AvgIpc) is 2.95. The molecule has 0 aliphatic carbocycles. The predicted octanol–water partition coefficient (Wildman–Crippen LogP) is 0.599. The van der Waals surface area contributed by atoms with Gasteiger partial charge in [-0.2, -0.15) is 4.98 Å². The van der Waals surface area contributed by atoms with Crippen LogP contribution in [0.3, 0.4) is 0 Å². The van der Waals surface area contributed by atoms with Gasteiger partial charge in [-0.3, -0.25) is 0 Å². The lowest BCUT2D eigenvalue weighted by Gasteiger charge is -2.11. The molecule has 5 nitrogen and oxygen atoms in total. The third-order valence-corrected chi connectivity index (χ3v) is 2.96. The summed E-state index contributed by atoms with van der Waals surface area (Å²) in [7, 11) is 0. The topological polar surface area (TPSA) is 68.2 Å². The molecule has 2 N–H and O–H groups in total. The number of hydrogen-bond acceptors (Lipinski definition) is 5. The summed E-state index contributed by atoms with van der Waals surface area (Å²) in [6, 6.07) is 0. The van der Waals surface area contributed by atoms with Gasteiger partial charge in [-0.25, -0.2) is 0 Å². The monoisotopic (exact) mass is 224 g/mol. The van der Waals surface area contributed by atoms with E-state index in [0.29, 0.717) is 6.54 Å². The molecule has 1 aromatic rings. The molecule has 2 heterocycles. The Bertz CT molecular complexity index is 307. The van der Waals surface area contributed by atoms with E-state index >= 15 is 0 Å². The van der Waals surface area contributed by atoms with Crippen molar-refractivity contribution in [2.45, 2.75) is 32.1 Å². The van der Waals surface area contributed by atoms with Crippen LogP contribution >= 0.6 is 0 Å². The SMILES string of the molecule is NCCCc1noc(CCN2CCCC2)n1. The minimum absolute atomic E-state index is 0.678. The largest absolute Gasteiger partial charge is 0.339 e. The Morgan fingerprint density at radius 2 is 2.06 bits per heavy atom. The fourth-order valence-electron chi connectivity index (χ4n) is 2.01. The molecule has 0 atom stereocenters. The molecule has 1 aliphatic rings. The lowest BCUT2D eigenvalue weighted by atomic mass is 10.3. The van der Waals surface area contributed by atoms with E-state index in [-0.39, 0.29) is 0 Å². The summed E-state index contributed by atoms with van der Waals surface area (Å²) in [5, 5.41) is 3.94. The van der Waals surface area contributed by atoms with E-state index in [4.69, 9.17) is 10.3 Å². The molecule has 0 saturated carbocycles. The van der Waals surface area contributed by atoms with Crippen LogP contribution in [0.15, 0.2) is 4.52 Å². The van der Waals surface area contributed by atoms with Crippen LogP contribution in [0, 0.1) is 0 Å². The summed E-state index contributed by atoms with van der Waals surface area (Å²) < 4.78 is 5.19. The Kier molecular flexibility index (Phi) is 4.30.